The molecule has 5 heteroatoms. The lowest BCUT2D eigenvalue weighted by molar-refractivity contribution is 0.582. The Labute approximate surface area is 99.2 Å². The highest BCUT2D eigenvalue weighted by atomic mass is 32.2. The second-order valence-corrected chi connectivity index (χ2v) is 7.32. The molecule has 1 fully saturated rings. The van der Waals surface area contributed by atoms with Crippen molar-refractivity contribution >= 4 is 21.6 Å². The first kappa shape index (κ1) is 11.9. The highest BCUT2D eigenvalue weighted by molar-refractivity contribution is 8.01. The van der Waals surface area contributed by atoms with E-state index in [0.29, 0.717) is 17.7 Å². The van der Waals surface area contributed by atoms with Crippen LogP contribution in [-0.2, 0) is 9.84 Å². The van der Waals surface area contributed by atoms with Gasteiger partial charge >= 0.3 is 0 Å². The first-order valence-corrected chi connectivity index (χ1v) is 7.80. The van der Waals surface area contributed by atoms with Gasteiger partial charge in [0.2, 0.25) is 0 Å². The summed E-state index contributed by atoms with van der Waals surface area (Å²) in [7, 11) is -3.27. The zero-order valence-corrected chi connectivity index (χ0v) is 10.6. The summed E-state index contributed by atoms with van der Waals surface area (Å²) in [4.78, 5) is 0.249. The molecular formula is C11H13FO2S2. The van der Waals surface area contributed by atoms with Crippen molar-refractivity contribution in [1.29, 1.82) is 0 Å². The van der Waals surface area contributed by atoms with Crippen LogP contribution in [0, 0.1) is 12.7 Å². The fourth-order valence-electron chi connectivity index (χ4n) is 1.74. The fourth-order valence-corrected chi connectivity index (χ4v) is 5.36. The van der Waals surface area contributed by atoms with E-state index in [9.17, 15) is 12.8 Å². The van der Waals surface area contributed by atoms with Gasteiger partial charge in [0, 0.05) is 5.75 Å². The number of sulfone groups is 1. The maximum Gasteiger partial charge on any atom is 0.182 e. The molecule has 1 aliphatic rings. The van der Waals surface area contributed by atoms with E-state index in [1.165, 1.54) is 18.2 Å². The van der Waals surface area contributed by atoms with Gasteiger partial charge < -0.3 is 0 Å². The van der Waals surface area contributed by atoms with Gasteiger partial charge in [0.1, 0.15) is 5.82 Å². The number of halogens is 1. The molecule has 1 aromatic carbocycles. The fraction of sp³-hybridized carbons (Fsp3) is 0.455. The molecular weight excluding hydrogens is 247 g/mol. The average Bonchev–Trinajstić information content (AvgIpc) is 2.75. The largest absolute Gasteiger partial charge is 0.223 e. The van der Waals surface area contributed by atoms with Crippen molar-refractivity contribution in [2.24, 2.45) is 0 Å². The summed E-state index contributed by atoms with van der Waals surface area (Å²) in [6, 6.07) is 4.01. The minimum Gasteiger partial charge on any atom is -0.223 e. The van der Waals surface area contributed by atoms with Crippen LogP contribution in [0.5, 0.6) is 0 Å². The summed E-state index contributed by atoms with van der Waals surface area (Å²) >= 11 is 1.66. The zero-order valence-electron chi connectivity index (χ0n) is 8.94. The Bertz CT molecular complexity index is 491. The first-order chi connectivity index (χ1) is 7.51. The molecule has 1 aromatic rings. The SMILES string of the molecule is Cc1cc(S(=O)(=O)C2CCSC2)ccc1F. The molecule has 0 spiro atoms. The van der Waals surface area contributed by atoms with E-state index in [1.54, 1.807) is 18.7 Å². The predicted molar refractivity (Wildman–Crippen MR) is 64.1 cm³/mol. The second kappa shape index (κ2) is 4.37. The third kappa shape index (κ3) is 2.11. The van der Waals surface area contributed by atoms with Gasteiger partial charge in [-0.3, -0.25) is 0 Å². The minimum atomic E-state index is -3.27. The average molecular weight is 260 g/mol. The van der Waals surface area contributed by atoms with Gasteiger partial charge in [-0.1, -0.05) is 0 Å². The lowest BCUT2D eigenvalue weighted by Crippen LogP contribution is -2.20. The molecule has 2 rings (SSSR count). The second-order valence-electron chi connectivity index (χ2n) is 3.94. The first-order valence-electron chi connectivity index (χ1n) is 5.09. The van der Waals surface area contributed by atoms with E-state index in [0.717, 1.165) is 5.75 Å². The van der Waals surface area contributed by atoms with E-state index in [1.807, 2.05) is 0 Å². The topological polar surface area (TPSA) is 34.1 Å². The summed E-state index contributed by atoms with van der Waals surface area (Å²) in [5.41, 5.74) is 0.381. The number of aryl methyl sites for hydroxylation is 1. The van der Waals surface area contributed by atoms with Crippen LogP contribution in [0.3, 0.4) is 0 Å². The van der Waals surface area contributed by atoms with Crippen molar-refractivity contribution in [3.8, 4) is 0 Å². The van der Waals surface area contributed by atoms with Crippen molar-refractivity contribution in [2.45, 2.75) is 23.5 Å². The Hall–Kier alpha value is -0.550. The summed E-state index contributed by atoms with van der Waals surface area (Å²) in [5, 5.41) is -0.303. The monoisotopic (exact) mass is 260 g/mol. The van der Waals surface area contributed by atoms with Crippen LogP contribution >= 0.6 is 11.8 Å². The van der Waals surface area contributed by atoms with Crippen molar-refractivity contribution in [2.75, 3.05) is 11.5 Å². The van der Waals surface area contributed by atoms with Crippen LogP contribution in [-0.4, -0.2) is 25.2 Å². The number of thioether (sulfide) groups is 1. The Kier molecular flexibility index (Phi) is 3.26. The van der Waals surface area contributed by atoms with Crippen LogP contribution in [0.4, 0.5) is 4.39 Å². The van der Waals surface area contributed by atoms with Crippen molar-refractivity contribution < 1.29 is 12.8 Å². The van der Waals surface area contributed by atoms with Gasteiger partial charge in [0.25, 0.3) is 0 Å². The minimum absolute atomic E-state index is 0.249. The van der Waals surface area contributed by atoms with Gasteiger partial charge in [-0.2, -0.15) is 11.8 Å². The van der Waals surface area contributed by atoms with E-state index in [2.05, 4.69) is 0 Å². The molecule has 88 valence electrons. The third-order valence-electron chi connectivity index (χ3n) is 2.78. The molecule has 0 bridgehead atoms. The molecule has 1 heterocycles. The summed E-state index contributed by atoms with van der Waals surface area (Å²) in [5.74, 6) is 1.18. The Morgan fingerprint density at radius 1 is 1.44 bits per heavy atom. The summed E-state index contributed by atoms with van der Waals surface area (Å²) in [6.07, 6.45) is 0.698. The molecule has 2 nitrogen and oxygen atoms in total. The van der Waals surface area contributed by atoms with E-state index < -0.39 is 9.84 Å². The maximum atomic E-state index is 13.1. The molecule has 0 saturated carbocycles. The lowest BCUT2D eigenvalue weighted by atomic mass is 10.2. The van der Waals surface area contributed by atoms with Crippen molar-refractivity contribution in [3.63, 3.8) is 0 Å². The Morgan fingerprint density at radius 2 is 2.19 bits per heavy atom. The van der Waals surface area contributed by atoms with Gasteiger partial charge in [-0.25, -0.2) is 12.8 Å². The molecule has 0 amide bonds. The zero-order chi connectivity index (χ0) is 11.8. The number of rotatable bonds is 2. The van der Waals surface area contributed by atoms with Crippen LogP contribution in [0.15, 0.2) is 23.1 Å². The van der Waals surface area contributed by atoms with Crippen molar-refractivity contribution in [3.05, 3.63) is 29.6 Å². The quantitative estimate of drug-likeness (QED) is 0.766. The lowest BCUT2D eigenvalue weighted by Gasteiger charge is -2.11. The molecule has 1 aliphatic heterocycles. The molecule has 0 aliphatic carbocycles. The van der Waals surface area contributed by atoms with E-state index in [4.69, 9.17) is 0 Å². The number of benzene rings is 1. The molecule has 16 heavy (non-hydrogen) atoms. The van der Waals surface area contributed by atoms with Crippen LogP contribution in [0.25, 0.3) is 0 Å². The van der Waals surface area contributed by atoms with Crippen LogP contribution < -0.4 is 0 Å². The summed E-state index contributed by atoms with van der Waals surface area (Å²) in [6.45, 7) is 1.58. The molecule has 0 N–H and O–H groups in total. The predicted octanol–water partition coefficient (Wildman–Crippen LogP) is 2.41. The van der Waals surface area contributed by atoms with E-state index in [-0.39, 0.29) is 16.0 Å². The van der Waals surface area contributed by atoms with Gasteiger partial charge in [-0.15, -0.1) is 0 Å². The smallest absolute Gasteiger partial charge is 0.182 e. The van der Waals surface area contributed by atoms with Crippen LogP contribution in [0.2, 0.25) is 0 Å². The standard InChI is InChI=1S/C11H13FO2S2/c1-8-6-9(2-3-11(8)12)16(13,14)10-4-5-15-7-10/h2-3,6,10H,4-5,7H2,1H3. The number of hydrogen-bond donors (Lipinski definition) is 0. The van der Waals surface area contributed by atoms with Gasteiger partial charge in [0.05, 0.1) is 10.1 Å². The molecule has 1 atom stereocenters. The van der Waals surface area contributed by atoms with Gasteiger partial charge in [-0.05, 0) is 42.9 Å². The normalized spacial score (nSPS) is 21.2. The highest BCUT2D eigenvalue weighted by Crippen LogP contribution is 2.28. The molecule has 1 unspecified atom stereocenters. The molecule has 1 saturated heterocycles. The van der Waals surface area contributed by atoms with Gasteiger partial charge in [0.15, 0.2) is 9.84 Å². The summed E-state index contributed by atoms with van der Waals surface area (Å²) < 4.78 is 37.4. The third-order valence-corrected chi connectivity index (χ3v) is 6.35. The van der Waals surface area contributed by atoms with Crippen LogP contribution in [0.1, 0.15) is 12.0 Å². The van der Waals surface area contributed by atoms with Crippen molar-refractivity contribution in [1.82, 2.24) is 0 Å². The Balaban J connectivity index is 2.39. The van der Waals surface area contributed by atoms with E-state index >= 15 is 0 Å². The highest BCUT2D eigenvalue weighted by Gasteiger charge is 2.30. The number of hydrogen-bond acceptors (Lipinski definition) is 3. The molecule has 0 radical (unpaired) electrons. The molecule has 0 aromatic heterocycles. The Morgan fingerprint density at radius 3 is 2.75 bits per heavy atom. The maximum absolute atomic E-state index is 13.1.